The second-order valence-electron chi connectivity index (χ2n) is 9.02. The highest BCUT2D eigenvalue weighted by Gasteiger charge is 2.40. The number of piperidine rings is 1. The van der Waals surface area contributed by atoms with Gasteiger partial charge in [0.15, 0.2) is 5.25 Å². The molecule has 1 aromatic rings. The standard InChI is InChI=1S/C24H40N2O4S/c1-6-8-9-12-16-26-17-15-24(5,19(3)18-26)21-13-10-11-14-22(21)25-31(28,29)20(4)23(27)30-7-2/h10-11,13-14,19-20,25H,6-9,12,15-18H2,1-5H3. The molecule has 31 heavy (non-hydrogen) atoms. The number of ether oxygens (including phenoxy) is 1. The van der Waals surface area contributed by atoms with Gasteiger partial charge >= 0.3 is 5.97 Å². The summed E-state index contributed by atoms with van der Waals surface area (Å²) in [7, 11) is -3.90. The van der Waals surface area contributed by atoms with Gasteiger partial charge in [0.25, 0.3) is 0 Å². The van der Waals surface area contributed by atoms with Crippen molar-refractivity contribution in [2.24, 2.45) is 5.92 Å². The molecule has 0 bridgehead atoms. The third kappa shape index (κ3) is 6.45. The van der Waals surface area contributed by atoms with Crippen LogP contribution in [0.4, 0.5) is 5.69 Å². The third-order valence-corrected chi connectivity index (χ3v) is 8.40. The second-order valence-corrected chi connectivity index (χ2v) is 11.0. The molecule has 1 fully saturated rings. The Kier molecular flexibility index (Phi) is 9.37. The Morgan fingerprint density at radius 2 is 1.97 bits per heavy atom. The van der Waals surface area contributed by atoms with Crippen molar-refractivity contribution >= 4 is 21.7 Å². The van der Waals surface area contributed by atoms with Gasteiger partial charge < -0.3 is 9.64 Å². The van der Waals surface area contributed by atoms with E-state index in [1.807, 2.05) is 18.2 Å². The zero-order valence-electron chi connectivity index (χ0n) is 19.8. The first kappa shape index (κ1) is 25.7. The fourth-order valence-corrected chi connectivity index (χ4v) is 5.36. The number of sulfonamides is 1. The van der Waals surface area contributed by atoms with E-state index in [-0.39, 0.29) is 12.0 Å². The van der Waals surface area contributed by atoms with Crippen LogP contribution in [0.15, 0.2) is 24.3 Å². The molecule has 0 aliphatic carbocycles. The third-order valence-electron chi connectivity index (χ3n) is 6.77. The largest absolute Gasteiger partial charge is 0.465 e. The molecule has 0 amide bonds. The minimum atomic E-state index is -3.90. The molecule has 1 aliphatic rings. The summed E-state index contributed by atoms with van der Waals surface area (Å²) in [5.41, 5.74) is 1.41. The molecule has 2 rings (SSSR count). The summed E-state index contributed by atoms with van der Waals surface area (Å²) in [5, 5.41) is -1.27. The van der Waals surface area contributed by atoms with Crippen molar-refractivity contribution in [1.29, 1.82) is 0 Å². The van der Waals surface area contributed by atoms with Crippen molar-refractivity contribution in [3.8, 4) is 0 Å². The molecule has 1 aliphatic heterocycles. The highest BCUT2D eigenvalue weighted by molar-refractivity contribution is 7.94. The van der Waals surface area contributed by atoms with Crippen LogP contribution in [0, 0.1) is 5.92 Å². The lowest BCUT2D eigenvalue weighted by atomic mass is 9.67. The van der Waals surface area contributed by atoms with Crippen molar-refractivity contribution in [3.63, 3.8) is 0 Å². The van der Waals surface area contributed by atoms with Crippen LogP contribution < -0.4 is 4.72 Å². The number of benzene rings is 1. The predicted molar refractivity (Wildman–Crippen MR) is 127 cm³/mol. The first-order valence-electron chi connectivity index (χ1n) is 11.7. The molecular weight excluding hydrogens is 412 g/mol. The number of carbonyl (C=O) groups is 1. The van der Waals surface area contributed by atoms with E-state index in [0.29, 0.717) is 11.6 Å². The van der Waals surface area contributed by atoms with Crippen molar-refractivity contribution < 1.29 is 17.9 Å². The molecule has 3 atom stereocenters. The van der Waals surface area contributed by atoms with E-state index in [9.17, 15) is 13.2 Å². The predicted octanol–water partition coefficient (Wildman–Crippen LogP) is 4.56. The van der Waals surface area contributed by atoms with Gasteiger partial charge in [-0.1, -0.05) is 58.2 Å². The molecule has 7 heteroatoms. The Morgan fingerprint density at radius 1 is 1.26 bits per heavy atom. The monoisotopic (exact) mass is 452 g/mol. The Balaban J connectivity index is 2.16. The molecule has 0 spiro atoms. The van der Waals surface area contributed by atoms with Crippen molar-refractivity contribution in [3.05, 3.63) is 29.8 Å². The molecule has 0 saturated carbocycles. The molecule has 3 unspecified atom stereocenters. The smallest absolute Gasteiger partial charge is 0.325 e. The number of nitrogens with zero attached hydrogens (tertiary/aromatic N) is 1. The Hall–Kier alpha value is -1.60. The van der Waals surface area contributed by atoms with Gasteiger partial charge in [0.05, 0.1) is 12.3 Å². The van der Waals surface area contributed by atoms with Crippen LogP contribution in [0.1, 0.15) is 72.3 Å². The van der Waals surface area contributed by atoms with E-state index in [4.69, 9.17) is 4.74 Å². The quantitative estimate of drug-likeness (QED) is 0.393. The van der Waals surface area contributed by atoms with E-state index in [1.54, 1.807) is 13.0 Å². The van der Waals surface area contributed by atoms with Crippen LogP contribution in [0.25, 0.3) is 0 Å². The SMILES string of the molecule is CCCCCCN1CCC(C)(c2ccccc2NS(=O)(=O)C(C)C(=O)OCC)C(C)C1. The first-order chi connectivity index (χ1) is 14.7. The second kappa shape index (κ2) is 11.3. The Labute approximate surface area is 188 Å². The average molecular weight is 453 g/mol. The molecule has 0 radical (unpaired) electrons. The number of rotatable bonds is 11. The molecule has 1 saturated heterocycles. The van der Waals surface area contributed by atoms with Gasteiger partial charge in [0, 0.05) is 6.54 Å². The number of para-hydroxylation sites is 1. The van der Waals surface area contributed by atoms with Gasteiger partial charge in [-0.05, 0) is 62.7 Å². The minimum absolute atomic E-state index is 0.147. The van der Waals surface area contributed by atoms with Gasteiger partial charge in [-0.15, -0.1) is 0 Å². The normalized spacial score (nSPS) is 23.3. The molecule has 1 heterocycles. The topological polar surface area (TPSA) is 75.7 Å². The highest BCUT2D eigenvalue weighted by atomic mass is 32.2. The lowest BCUT2D eigenvalue weighted by Crippen LogP contribution is -2.48. The maximum atomic E-state index is 12.8. The van der Waals surface area contributed by atoms with Crippen LogP contribution in [-0.2, 0) is 25.0 Å². The zero-order chi connectivity index (χ0) is 23.1. The van der Waals surface area contributed by atoms with Crippen LogP contribution in [0.2, 0.25) is 0 Å². The van der Waals surface area contributed by atoms with Crippen LogP contribution in [0.5, 0.6) is 0 Å². The fourth-order valence-electron chi connectivity index (χ4n) is 4.38. The number of nitrogens with one attached hydrogen (secondary N) is 1. The van der Waals surface area contributed by atoms with Crippen molar-refractivity contribution in [2.45, 2.75) is 77.4 Å². The number of anilines is 1. The van der Waals surface area contributed by atoms with E-state index in [2.05, 4.69) is 30.4 Å². The number of esters is 1. The molecular formula is C24H40N2O4S. The summed E-state index contributed by atoms with van der Waals surface area (Å²) in [5.74, 6) is -0.357. The van der Waals surface area contributed by atoms with Gasteiger partial charge in [-0.3, -0.25) is 9.52 Å². The van der Waals surface area contributed by atoms with Crippen molar-refractivity contribution in [1.82, 2.24) is 4.90 Å². The van der Waals surface area contributed by atoms with E-state index in [1.165, 1.54) is 32.6 Å². The Morgan fingerprint density at radius 3 is 2.61 bits per heavy atom. The molecule has 1 N–H and O–H groups in total. The number of hydrogen-bond donors (Lipinski definition) is 1. The molecule has 0 aromatic heterocycles. The van der Waals surface area contributed by atoms with Crippen LogP contribution in [0.3, 0.4) is 0 Å². The lowest BCUT2D eigenvalue weighted by molar-refractivity contribution is -0.142. The Bertz CT molecular complexity index is 827. The summed E-state index contributed by atoms with van der Waals surface area (Å²) in [4.78, 5) is 14.5. The van der Waals surface area contributed by atoms with Gasteiger partial charge in [0.1, 0.15) is 0 Å². The van der Waals surface area contributed by atoms with E-state index >= 15 is 0 Å². The summed E-state index contributed by atoms with van der Waals surface area (Å²) in [6.45, 7) is 13.0. The molecule has 6 nitrogen and oxygen atoms in total. The average Bonchev–Trinajstić information content (AvgIpc) is 2.73. The number of hydrogen-bond acceptors (Lipinski definition) is 5. The van der Waals surface area contributed by atoms with Crippen molar-refractivity contribution in [2.75, 3.05) is 31.0 Å². The van der Waals surface area contributed by atoms with E-state index in [0.717, 1.165) is 31.6 Å². The lowest BCUT2D eigenvalue weighted by Gasteiger charge is -2.46. The van der Waals surface area contributed by atoms with Gasteiger partial charge in [-0.25, -0.2) is 8.42 Å². The maximum Gasteiger partial charge on any atom is 0.325 e. The van der Waals surface area contributed by atoms with Crippen LogP contribution >= 0.6 is 0 Å². The number of likely N-dealkylation sites (tertiary alicyclic amines) is 1. The van der Waals surface area contributed by atoms with Crippen LogP contribution in [-0.4, -0.2) is 50.8 Å². The van der Waals surface area contributed by atoms with Gasteiger partial charge in [-0.2, -0.15) is 0 Å². The first-order valence-corrected chi connectivity index (χ1v) is 13.2. The molecule has 176 valence electrons. The summed E-state index contributed by atoms with van der Waals surface area (Å²) >= 11 is 0. The maximum absolute atomic E-state index is 12.8. The highest BCUT2D eigenvalue weighted by Crippen LogP contribution is 2.42. The summed E-state index contributed by atoms with van der Waals surface area (Å²) < 4.78 is 33.3. The summed E-state index contributed by atoms with van der Waals surface area (Å²) in [6.07, 6.45) is 6.02. The zero-order valence-corrected chi connectivity index (χ0v) is 20.6. The number of carbonyl (C=O) groups excluding carboxylic acids is 1. The fraction of sp³-hybridized carbons (Fsp3) is 0.708. The summed E-state index contributed by atoms with van der Waals surface area (Å²) in [6, 6.07) is 7.59. The minimum Gasteiger partial charge on any atom is -0.465 e. The van der Waals surface area contributed by atoms with Gasteiger partial charge in [0.2, 0.25) is 10.0 Å². The molecule has 1 aromatic carbocycles. The van der Waals surface area contributed by atoms with E-state index < -0.39 is 21.2 Å². The number of unbranched alkanes of at least 4 members (excludes halogenated alkanes) is 3.